The van der Waals surface area contributed by atoms with E-state index in [1.54, 1.807) is 12.1 Å². The molecule has 1 aliphatic heterocycles. The SMILES string of the molecule is COc1ccc(S(=O)(=O)NCCN2CCC(=O)NC2=O)cc1. The number of rotatable bonds is 6. The summed E-state index contributed by atoms with van der Waals surface area (Å²) in [5, 5.41) is 2.18. The molecule has 1 saturated heterocycles. The highest BCUT2D eigenvalue weighted by Gasteiger charge is 2.23. The summed E-state index contributed by atoms with van der Waals surface area (Å²) in [5.74, 6) is 0.244. The van der Waals surface area contributed by atoms with E-state index >= 15 is 0 Å². The highest BCUT2D eigenvalue weighted by Crippen LogP contribution is 2.15. The largest absolute Gasteiger partial charge is 0.497 e. The first-order valence-corrected chi connectivity index (χ1v) is 8.13. The average molecular weight is 327 g/mol. The van der Waals surface area contributed by atoms with Crippen molar-refractivity contribution in [2.45, 2.75) is 11.3 Å². The minimum absolute atomic E-state index is 0.0654. The Kier molecular flexibility index (Phi) is 4.99. The van der Waals surface area contributed by atoms with Crippen LogP contribution in [0.1, 0.15) is 6.42 Å². The summed E-state index contributed by atoms with van der Waals surface area (Å²) in [7, 11) is -2.15. The Morgan fingerprint density at radius 1 is 1.27 bits per heavy atom. The summed E-state index contributed by atoms with van der Waals surface area (Å²) in [4.78, 5) is 24.0. The van der Waals surface area contributed by atoms with Gasteiger partial charge in [-0.2, -0.15) is 0 Å². The summed E-state index contributed by atoms with van der Waals surface area (Å²) < 4.78 is 31.5. The molecule has 0 unspecified atom stereocenters. The van der Waals surface area contributed by atoms with E-state index in [0.29, 0.717) is 5.75 Å². The number of methoxy groups -OCH3 is 1. The summed E-state index contributed by atoms with van der Waals surface area (Å²) in [6.45, 7) is 0.541. The van der Waals surface area contributed by atoms with Gasteiger partial charge in [0.15, 0.2) is 0 Å². The van der Waals surface area contributed by atoms with E-state index in [4.69, 9.17) is 4.74 Å². The molecule has 0 spiro atoms. The van der Waals surface area contributed by atoms with E-state index < -0.39 is 16.1 Å². The van der Waals surface area contributed by atoms with Gasteiger partial charge in [-0.15, -0.1) is 0 Å². The molecule has 9 heteroatoms. The van der Waals surface area contributed by atoms with Crippen LogP contribution in [0.25, 0.3) is 0 Å². The molecule has 8 nitrogen and oxygen atoms in total. The van der Waals surface area contributed by atoms with Crippen molar-refractivity contribution in [3.63, 3.8) is 0 Å². The zero-order valence-electron chi connectivity index (χ0n) is 12.0. The van der Waals surface area contributed by atoms with E-state index in [0.717, 1.165) is 0 Å². The van der Waals surface area contributed by atoms with Crippen LogP contribution < -0.4 is 14.8 Å². The van der Waals surface area contributed by atoms with E-state index in [1.165, 1.54) is 24.1 Å². The molecule has 2 N–H and O–H groups in total. The molecule has 22 heavy (non-hydrogen) atoms. The van der Waals surface area contributed by atoms with Crippen LogP contribution >= 0.6 is 0 Å². The predicted octanol–water partition coefficient (Wildman–Crippen LogP) is -0.0846. The Balaban J connectivity index is 1.89. The molecule has 2 rings (SSSR count). The number of benzene rings is 1. The minimum Gasteiger partial charge on any atom is -0.497 e. The molecule has 0 aliphatic carbocycles. The summed E-state index contributed by atoms with van der Waals surface area (Å²) in [6, 6.07) is 5.48. The maximum atomic E-state index is 12.1. The molecule has 1 aromatic carbocycles. The molecule has 1 aliphatic rings. The Labute approximate surface area is 128 Å². The standard InChI is InChI=1S/C13H17N3O5S/c1-21-10-2-4-11(5-3-10)22(19,20)14-7-9-16-8-6-12(17)15-13(16)18/h2-5,14H,6-9H2,1H3,(H,15,17,18). The van der Waals surface area contributed by atoms with Crippen LogP contribution in [0, 0.1) is 0 Å². The van der Waals surface area contributed by atoms with Crippen molar-refractivity contribution in [1.29, 1.82) is 0 Å². The van der Waals surface area contributed by atoms with Gasteiger partial charge in [-0.3, -0.25) is 10.1 Å². The fourth-order valence-corrected chi connectivity index (χ4v) is 2.99. The van der Waals surface area contributed by atoms with Gasteiger partial charge in [0, 0.05) is 26.1 Å². The summed E-state index contributed by atoms with van der Waals surface area (Å²) in [5.41, 5.74) is 0. The Morgan fingerprint density at radius 2 is 1.95 bits per heavy atom. The van der Waals surface area contributed by atoms with Gasteiger partial charge >= 0.3 is 6.03 Å². The third-order valence-corrected chi connectivity index (χ3v) is 4.66. The van der Waals surface area contributed by atoms with Crippen LogP contribution in [0.5, 0.6) is 5.75 Å². The van der Waals surface area contributed by atoms with Crippen molar-refractivity contribution < 1.29 is 22.7 Å². The Morgan fingerprint density at radius 3 is 2.55 bits per heavy atom. The van der Waals surface area contributed by atoms with E-state index in [2.05, 4.69) is 10.0 Å². The molecule has 1 aromatic rings. The average Bonchev–Trinajstić information content (AvgIpc) is 2.49. The third kappa shape index (κ3) is 3.95. The van der Waals surface area contributed by atoms with Gasteiger partial charge in [-0.05, 0) is 24.3 Å². The first-order chi connectivity index (χ1) is 10.4. The number of carbonyl (C=O) groups excluding carboxylic acids is 2. The van der Waals surface area contributed by atoms with Gasteiger partial charge in [0.25, 0.3) is 0 Å². The van der Waals surface area contributed by atoms with Crippen LogP contribution in [-0.4, -0.2) is 52.0 Å². The van der Waals surface area contributed by atoms with Gasteiger partial charge < -0.3 is 9.64 Å². The zero-order valence-corrected chi connectivity index (χ0v) is 12.9. The molecule has 0 aromatic heterocycles. The molecule has 0 radical (unpaired) electrons. The molecule has 1 heterocycles. The lowest BCUT2D eigenvalue weighted by atomic mass is 10.3. The van der Waals surface area contributed by atoms with Crippen molar-refractivity contribution >= 4 is 22.0 Å². The lowest BCUT2D eigenvalue weighted by Gasteiger charge is -2.26. The first kappa shape index (κ1) is 16.2. The number of imide groups is 1. The smallest absolute Gasteiger partial charge is 0.324 e. The maximum Gasteiger partial charge on any atom is 0.324 e. The number of hydrogen-bond donors (Lipinski definition) is 2. The van der Waals surface area contributed by atoms with Gasteiger partial charge in [-0.1, -0.05) is 0 Å². The molecule has 3 amide bonds. The van der Waals surface area contributed by atoms with Crippen molar-refractivity contribution in [2.24, 2.45) is 0 Å². The fourth-order valence-electron chi connectivity index (χ4n) is 1.97. The second-order valence-electron chi connectivity index (χ2n) is 4.66. The number of hydrogen-bond acceptors (Lipinski definition) is 5. The van der Waals surface area contributed by atoms with Crippen LogP contribution in [-0.2, 0) is 14.8 Å². The van der Waals surface area contributed by atoms with Crippen molar-refractivity contribution in [1.82, 2.24) is 14.9 Å². The first-order valence-electron chi connectivity index (χ1n) is 6.65. The predicted molar refractivity (Wildman–Crippen MR) is 77.9 cm³/mol. The molecular formula is C13H17N3O5S. The zero-order chi connectivity index (χ0) is 16.2. The van der Waals surface area contributed by atoms with E-state index in [9.17, 15) is 18.0 Å². The number of carbonyl (C=O) groups is 2. The van der Waals surface area contributed by atoms with E-state index in [1.807, 2.05) is 0 Å². The molecule has 0 bridgehead atoms. The Bertz CT molecular complexity index is 657. The topological polar surface area (TPSA) is 105 Å². The van der Waals surface area contributed by atoms with Crippen LogP contribution in [0.3, 0.4) is 0 Å². The lowest BCUT2D eigenvalue weighted by Crippen LogP contribution is -2.51. The number of urea groups is 1. The quantitative estimate of drug-likeness (QED) is 0.760. The monoisotopic (exact) mass is 327 g/mol. The minimum atomic E-state index is -3.65. The highest BCUT2D eigenvalue weighted by molar-refractivity contribution is 7.89. The lowest BCUT2D eigenvalue weighted by molar-refractivity contribution is -0.121. The third-order valence-electron chi connectivity index (χ3n) is 3.19. The normalized spacial score (nSPS) is 15.6. The Hall–Kier alpha value is -2.13. The van der Waals surface area contributed by atoms with Crippen molar-refractivity contribution in [3.8, 4) is 5.75 Å². The van der Waals surface area contributed by atoms with Gasteiger partial charge in [-0.25, -0.2) is 17.9 Å². The van der Waals surface area contributed by atoms with E-state index in [-0.39, 0.29) is 36.9 Å². The fraction of sp³-hybridized carbons (Fsp3) is 0.385. The van der Waals surface area contributed by atoms with Gasteiger partial charge in [0.2, 0.25) is 15.9 Å². The number of sulfonamides is 1. The summed E-state index contributed by atoms with van der Waals surface area (Å²) in [6.07, 6.45) is 0.219. The molecule has 0 saturated carbocycles. The van der Waals surface area contributed by atoms with Crippen LogP contribution in [0.15, 0.2) is 29.2 Å². The number of ether oxygens (including phenoxy) is 1. The number of amides is 3. The highest BCUT2D eigenvalue weighted by atomic mass is 32.2. The molecular weight excluding hydrogens is 310 g/mol. The van der Waals surface area contributed by atoms with Gasteiger partial charge in [0.05, 0.1) is 12.0 Å². The maximum absolute atomic E-state index is 12.1. The number of nitrogens with zero attached hydrogens (tertiary/aromatic N) is 1. The number of nitrogens with one attached hydrogen (secondary N) is 2. The second-order valence-corrected chi connectivity index (χ2v) is 6.43. The molecule has 1 fully saturated rings. The van der Waals surface area contributed by atoms with Crippen molar-refractivity contribution in [3.05, 3.63) is 24.3 Å². The van der Waals surface area contributed by atoms with Crippen LogP contribution in [0.4, 0.5) is 4.79 Å². The van der Waals surface area contributed by atoms with Gasteiger partial charge in [0.1, 0.15) is 5.75 Å². The van der Waals surface area contributed by atoms with Crippen LogP contribution in [0.2, 0.25) is 0 Å². The molecule has 0 atom stereocenters. The summed E-state index contributed by atoms with van der Waals surface area (Å²) >= 11 is 0. The second kappa shape index (κ2) is 6.75. The molecule has 120 valence electrons. The van der Waals surface area contributed by atoms with Crippen molar-refractivity contribution in [2.75, 3.05) is 26.7 Å².